The average Bonchev–Trinajstić information content (AvgIpc) is 2.62. The van der Waals surface area contributed by atoms with Crippen molar-refractivity contribution in [2.75, 3.05) is 20.3 Å². The number of rotatable bonds is 9. The topological polar surface area (TPSA) is 54.4 Å². The highest BCUT2D eigenvalue weighted by Crippen LogP contribution is 2.22. The van der Waals surface area contributed by atoms with E-state index in [0.717, 1.165) is 25.1 Å². The van der Waals surface area contributed by atoms with Gasteiger partial charge in [0.15, 0.2) is 0 Å². The third-order valence-electron chi connectivity index (χ3n) is 4.08. The Kier molecular flexibility index (Phi) is 7.04. The minimum atomic E-state index is 0.176. The van der Waals surface area contributed by atoms with Gasteiger partial charge in [-0.25, -0.2) is 4.98 Å². The second kappa shape index (κ2) is 9.28. The Balaban J connectivity index is 2.05. The van der Waals surface area contributed by atoms with Gasteiger partial charge in [-0.05, 0) is 30.4 Å². The lowest BCUT2D eigenvalue weighted by Gasteiger charge is -2.22. The first kappa shape index (κ1) is 17.4. The summed E-state index contributed by atoms with van der Waals surface area (Å²) in [5.74, 6) is 0.929. The number of benzene rings is 1. The molecule has 0 saturated carbocycles. The van der Waals surface area contributed by atoms with E-state index in [0.29, 0.717) is 11.8 Å². The van der Waals surface area contributed by atoms with E-state index in [1.807, 2.05) is 36.4 Å². The van der Waals surface area contributed by atoms with E-state index >= 15 is 0 Å². The molecule has 0 aliphatic rings. The van der Waals surface area contributed by atoms with Gasteiger partial charge in [-0.3, -0.25) is 0 Å². The molecule has 0 aliphatic heterocycles. The molecule has 4 nitrogen and oxygen atoms in total. The van der Waals surface area contributed by atoms with Crippen LogP contribution in [0.4, 0.5) is 0 Å². The molecule has 0 saturated heterocycles. The first-order valence-electron chi connectivity index (χ1n) is 8.18. The second-order valence-electron chi connectivity index (χ2n) is 5.59. The van der Waals surface area contributed by atoms with Crippen molar-refractivity contribution in [1.29, 1.82) is 0 Å². The lowest BCUT2D eigenvalue weighted by Crippen LogP contribution is -2.27. The molecule has 23 heavy (non-hydrogen) atoms. The SMILES string of the molecule is CCC(NCC(CCO)c1ccccc1)c1cccc(OC)n1. The minimum absolute atomic E-state index is 0.176. The fourth-order valence-corrected chi connectivity index (χ4v) is 2.75. The number of hydrogen-bond acceptors (Lipinski definition) is 4. The normalized spacial score (nSPS) is 13.5. The Bertz CT molecular complexity index is 575. The standard InChI is InChI=1S/C19H26N2O2/c1-3-17(18-10-7-11-19(21-18)23-2)20-14-16(12-13-22)15-8-5-4-6-9-15/h4-11,16-17,20,22H,3,12-14H2,1-2H3. The summed E-state index contributed by atoms with van der Waals surface area (Å²) in [5, 5.41) is 12.9. The number of aromatic nitrogens is 1. The minimum Gasteiger partial charge on any atom is -0.481 e. The van der Waals surface area contributed by atoms with Crippen molar-refractivity contribution in [3.8, 4) is 5.88 Å². The lowest BCUT2D eigenvalue weighted by molar-refractivity contribution is 0.271. The molecule has 0 aliphatic carbocycles. The summed E-state index contributed by atoms with van der Waals surface area (Å²) >= 11 is 0. The van der Waals surface area contributed by atoms with Crippen molar-refractivity contribution in [2.24, 2.45) is 0 Å². The van der Waals surface area contributed by atoms with Crippen molar-refractivity contribution in [1.82, 2.24) is 10.3 Å². The van der Waals surface area contributed by atoms with Gasteiger partial charge in [0.25, 0.3) is 0 Å². The van der Waals surface area contributed by atoms with Gasteiger partial charge in [0.05, 0.1) is 12.8 Å². The van der Waals surface area contributed by atoms with Gasteiger partial charge in [-0.2, -0.15) is 0 Å². The second-order valence-corrected chi connectivity index (χ2v) is 5.59. The molecule has 2 N–H and O–H groups in total. The highest BCUT2D eigenvalue weighted by Gasteiger charge is 2.16. The van der Waals surface area contributed by atoms with Crippen LogP contribution < -0.4 is 10.1 Å². The molecule has 2 aromatic rings. The number of ether oxygens (including phenoxy) is 1. The van der Waals surface area contributed by atoms with Gasteiger partial charge in [0.1, 0.15) is 0 Å². The highest BCUT2D eigenvalue weighted by atomic mass is 16.5. The summed E-state index contributed by atoms with van der Waals surface area (Å²) in [6, 6.07) is 16.4. The maximum absolute atomic E-state index is 9.35. The highest BCUT2D eigenvalue weighted by molar-refractivity contribution is 5.21. The summed E-state index contributed by atoms with van der Waals surface area (Å²) in [7, 11) is 1.63. The Morgan fingerprint density at radius 2 is 1.91 bits per heavy atom. The lowest BCUT2D eigenvalue weighted by atomic mass is 9.95. The summed E-state index contributed by atoms with van der Waals surface area (Å²) in [6.07, 6.45) is 1.69. The third kappa shape index (κ3) is 5.05. The van der Waals surface area contributed by atoms with Gasteiger partial charge in [0, 0.05) is 25.3 Å². The fourth-order valence-electron chi connectivity index (χ4n) is 2.75. The molecule has 1 aromatic carbocycles. The molecule has 1 heterocycles. The van der Waals surface area contributed by atoms with Crippen LogP contribution in [0.2, 0.25) is 0 Å². The number of hydrogen-bond donors (Lipinski definition) is 2. The molecule has 0 amide bonds. The maximum Gasteiger partial charge on any atom is 0.213 e. The van der Waals surface area contributed by atoms with Crippen LogP contribution in [0.3, 0.4) is 0 Å². The van der Waals surface area contributed by atoms with Crippen LogP contribution in [-0.4, -0.2) is 30.4 Å². The zero-order valence-electron chi connectivity index (χ0n) is 13.9. The van der Waals surface area contributed by atoms with Crippen LogP contribution in [0, 0.1) is 0 Å². The average molecular weight is 314 g/mol. The van der Waals surface area contributed by atoms with Crippen molar-refractivity contribution >= 4 is 0 Å². The Morgan fingerprint density at radius 3 is 2.57 bits per heavy atom. The van der Waals surface area contributed by atoms with E-state index in [4.69, 9.17) is 4.74 Å². The van der Waals surface area contributed by atoms with Crippen LogP contribution in [0.1, 0.15) is 43.0 Å². The molecule has 2 rings (SSSR count). The molecular weight excluding hydrogens is 288 g/mol. The fraction of sp³-hybridized carbons (Fsp3) is 0.421. The van der Waals surface area contributed by atoms with Crippen LogP contribution in [0.15, 0.2) is 48.5 Å². The van der Waals surface area contributed by atoms with E-state index in [1.165, 1.54) is 5.56 Å². The molecule has 124 valence electrons. The molecule has 4 heteroatoms. The Labute approximate surface area is 138 Å². The van der Waals surface area contributed by atoms with Crippen molar-refractivity contribution in [2.45, 2.75) is 31.7 Å². The molecule has 1 aromatic heterocycles. The van der Waals surface area contributed by atoms with Crippen molar-refractivity contribution in [3.05, 3.63) is 59.8 Å². The first-order chi connectivity index (χ1) is 11.3. The number of methoxy groups -OCH3 is 1. The third-order valence-corrected chi connectivity index (χ3v) is 4.08. The van der Waals surface area contributed by atoms with E-state index in [9.17, 15) is 5.11 Å². The Morgan fingerprint density at radius 1 is 1.13 bits per heavy atom. The number of aliphatic hydroxyl groups is 1. The van der Waals surface area contributed by atoms with Gasteiger partial charge in [0.2, 0.25) is 5.88 Å². The molecule has 0 radical (unpaired) electrons. The summed E-state index contributed by atoms with van der Waals surface area (Å²) < 4.78 is 5.21. The van der Waals surface area contributed by atoms with Crippen LogP contribution in [0.25, 0.3) is 0 Å². The van der Waals surface area contributed by atoms with E-state index in [2.05, 4.69) is 29.4 Å². The quantitative estimate of drug-likeness (QED) is 0.746. The van der Waals surface area contributed by atoms with E-state index < -0.39 is 0 Å². The number of aliphatic hydroxyl groups excluding tert-OH is 1. The molecule has 0 spiro atoms. The number of nitrogens with zero attached hydrogens (tertiary/aromatic N) is 1. The zero-order chi connectivity index (χ0) is 16.5. The monoisotopic (exact) mass is 314 g/mol. The van der Waals surface area contributed by atoms with Crippen LogP contribution in [-0.2, 0) is 0 Å². The Hall–Kier alpha value is -1.91. The van der Waals surface area contributed by atoms with E-state index in [1.54, 1.807) is 7.11 Å². The van der Waals surface area contributed by atoms with E-state index in [-0.39, 0.29) is 12.6 Å². The van der Waals surface area contributed by atoms with Crippen molar-refractivity contribution < 1.29 is 9.84 Å². The predicted molar refractivity (Wildman–Crippen MR) is 92.7 cm³/mol. The van der Waals surface area contributed by atoms with Crippen molar-refractivity contribution in [3.63, 3.8) is 0 Å². The van der Waals surface area contributed by atoms with Crippen LogP contribution in [0.5, 0.6) is 5.88 Å². The summed E-state index contributed by atoms with van der Waals surface area (Å²) in [6.45, 7) is 3.14. The molecule has 0 fully saturated rings. The van der Waals surface area contributed by atoms with Gasteiger partial charge in [-0.15, -0.1) is 0 Å². The predicted octanol–water partition coefficient (Wildman–Crippen LogP) is 3.30. The first-order valence-corrected chi connectivity index (χ1v) is 8.18. The van der Waals surface area contributed by atoms with Gasteiger partial charge >= 0.3 is 0 Å². The van der Waals surface area contributed by atoms with Gasteiger partial charge in [-0.1, -0.05) is 43.3 Å². The molecule has 2 unspecified atom stereocenters. The zero-order valence-corrected chi connectivity index (χ0v) is 13.9. The largest absolute Gasteiger partial charge is 0.481 e. The number of nitrogens with one attached hydrogen (secondary N) is 1. The van der Waals surface area contributed by atoms with Crippen LogP contribution >= 0.6 is 0 Å². The number of pyridine rings is 1. The molecular formula is C19H26N2O2. The maximum atomic E-state index is 9.35. The molecule has 2 atom stereocenters. The smallest absolute Gasteiger partial charge is 0.213 e. The van der Waals surface area contributed by atoms with Gasteiger partial charge < -0.3 is 15.2 Å². The molecule has 0 bridgehead atoms. The summed E-state index contributed by atoms with van der Waals surface area (Å²) in [5.41, 5.74) is 2.24. The summed E-state index contributed by atoms with van der Waals surface area (Å²) in [4.78, 5) is 4.52.